The summed E-state index contributed by atoms with van der Waals surface area (Å²) in [4.78, 5) is 13.8. The molecule has 0 unspecified atom stereocenters. The quantitative estimate of drug-likeness (QED) is 0.804. The summed E-state index contributed by atoms with van der Waals surface area (Å²) in [5, 5.41) is 0.572. The van der Waals surface area contributed by atoms with Gasteiger partial charge in [0.15, 0.2) is 6.61 Å². The van der Waals surface area contributed by atoms with Crippen LogP contribution in [0.1, 0.15) is 11.1 Å². The smallest absolute Gasteiger partial charge is 0.265 e. The van der Waals surface area contributed by atoms with Crippen LogP contribution in [0.25, 0.3) is 0 Å². The van der Waals surface area contributed by atoms with Gasteiger partial charge in [-0.05, 0) is 42.8 Å². The van der Waals surface area contributed by atoms with Gasteiger partial charge >= 0.3 is 0 Å². The van der Waals surface area contributed by atoms with Crippen molar-refractivity contribution in [2.75, 3.05) is 11.5 Å². The highest BCUT2D eigenvalue weighted by molar-refractivity contribution is 6.30. The van der Waals surface area contributed by atoms with Gasteiger partial charge in [0.1, 0.15) is 11.6 Å². The number of nitrogens with zero attached hydrogens (tertiary/aromatic N) is 1. The summed E-state index contributed by atoms with van der Waals surface area (Å²) in [5.41, 5.74) is 2.18. The zero-order chi connectivity index (χ0) is 15.0. The SMILES string of the molecule is Cc1ccc(F)cc1N1Cc2cc(Cl)ccc2OCC1=O. The van der Waals surface area contributed by atoms with Gasteiger partial charge in [-0.2, -0.15) is 0 Å². The summed E-state index contributed by atoms with van der Waals surface area (Å²) in [7, 11) is 0. The molecule has 3 rings (SSSR count). The summed E-state index contributed by atoms with van der Waals surface area (Å²) in [6.45, 7) is 2.07. The van der Waals surface area contributed by atoms with Crippen molar-refractivity contribution >= 4 is 23.2 Å². The predicted octanol–water partition coefficient (Wildman–Crippen LogP) is 3.71. The summed E-state index contributed by atoms with van der Waals surface area (Å²) in [5.74, 6) is 0.0419. The Labute approximate surface area is 126 Å². The molecular weight excluding hydrogens is 293 g/mol. The molecule has 21 heavy (non-hydrogen) atoms. The number of aryl methyl sites for hydroxylation is 1. The number of amides is 1. The van der Waals surface area contributed by atoms with Crippen LogP contribution in [0.5, 0.6) is 5.75 Å². The molecule has 0 aliphatic carbocycles. The monoisotopic (exact) mass is 305 g/mol. The van der Waals surface area contributed by atoms with Crippen molar-refractivity contribution in [2.45, 2.75) is 13.5 Å². The first kappa shape index (κ1) is 13.9. The molecule has 0 bridgehead atoms. The van der Waals surface area contributed by atoms with Gasteiger partial charge in [-0.3, -0.25) is 4.79 Å². The number of rotatable bonds is 1. The van der Waals surface area contributed by atoms with Gasteiger partial charge < -0.3 is 9.64 Å². The molecule has 2 aromatic rings. The third-order valence-corrected chi connectivity index (χ3v) is 3.70. The van der Waals surface area contributed by atoms with E-state index < -0.39 is 0 Å². The molecule has 0 saturated heterocycles. The standard InChI is InChI=1S/C16H13ClFNO2/c1-10-2-4-13(18)7-14(10)19-8-11-6-12(17)3-5-15(11)21-9-16(19)20/h2-7H,8-9H2,1H3. The molecule has 1 heterocycles. The Hall–Kier alpha value is -2.07. The number of hydrogen-bond donors (Lipinski definition) is 0. The summed E-state index contributed by atoms with van der Waals surface area (Å²) >= 11 is 6.00. The molecule has 108 valence electrons. The number of anilines is 1. The van der Waals surface area contributed by atoms with Crippen molar-refractivity contribution in [3.05, 3.63) is 58.4 Å². The van der Waals surface area contributed by atoms with E-state index in [1.54, 1.807) is 24.3 Å². The summed E-state index contributed by atoms with van der Waals surface area (Å²) < 4.78 is 19.0. The first-order valence-corrected chi connectivity index (χ1v) is 6.90. The molecule has 0 aromatic heterocycles. The average Bonchev–Trinajstić information content (AvgIpc) is 2.61. The highest BCUT2D eigenvalue weighted by atomic mass is 35.5. The molecule has 5 heteroatoms. The number of hydrogen-bond acceptors (Lipinski definition) is 2. The van der Waals surface area contributed by atoms with Crippen LogP contribution in [-0.2, 0) is 11.3 Å². The normalized spacial score (nSPS) is 14.4. The van der Waals surface area contributed by atoms with E-state index >= 15 is 0 Å². The zero-order valence-corrected chi connectivity index (χ0v) is 12.2. The van der Waals surface area contributed by atoms with Crippen molar-refractivity contribution in [1.29, 1.82) is 0 Å². The second-order valence-electron chi connectivity index (χ2n) is 4.95. The molecule has 3 nitrogen and oxygen atoms in total. The number of fused-ring (bicyclic) bond motifs is 1. The van der Waals surface area contributed by atoms with E-state index in [-0.39, 0.29) is 18.3 Å². The van der Waals surface area contributed by atoms with Crippen LogP contribution in [0.4, 0.5) is 10.1 Å². The highest BCUT2D eigenvalue weighted by Crippen LogP contribution is 2.30. The van der Waals surface area contributed by atoms with Crippen LogP contribution < -0.4 is 9.64 Å². The van der Waals surface area contributed by atoms with Crippen molar-refractivity contribution in [1.82, 2.24) is 0 Å². The fourth-order valence-corrected chi connectivity index (χ4v) is 2.58. The van der Waals surface area contributed by atoms with Crippen molar-refractivity contribution in [2.24, 2.45) is 0 Å². The Kier molecular flexibility index (Phi) is 3.55. The number of ether oxygens (including phenoxy) is 1. The van der Waals surface area contributed by atoms with E-state index in [4.69, 9.17) is 16.3 Å². The maximum absolute atomic E-state index is 13.5. The second kappa shape index (κ2) is 5.37. The van der Waals surface area contributed by atoms with Gasteiger partial charge in [0.25, 0.3) is 5.91 Å². The Balaban J connectivity index is 2.05. The molecule has 0 fully saturated rings. The fourth-order valence-electron chi connectivity index (χ4n) is 2.38. The van der Waals surface area contributed by atoms with E-state index in [0.29, 0.717) is 23.0 Å². The van der Waals surface area contributed by atoms with Gasteiger partial charge in [0, 0.05) is 16.3 Å². The van der Waals surface area contributed by atoms with Crippen LogP contribution >= 0.6 is 11.6 Å². The molecule has 0 atom stereocenters. The van der Waals surface area contributed by atoms with E-state index in [0.717, 1.165) is 11.1 Å². The minimum absolute atomic E-state index is 0.0788. The second-order valence-corrected chi connectivity index (χ2v) is 5.39. The van der Waals surface area contributed by atoms with Crippen LogP contribution in [0.3, 0.4) is 0 Å². The number of halogens is 2. The Bertz CT molecular complexity index is 717. The third-order valence-electron chi connectivity index (χ3n) is 3.47. The molecule has 0 spiro atoms. The molecular formula is C16H13ClFNO2. The van der Waals surface area contributed by atoms with Gasteiger partial charge in [-0.25, -0.2) is 4.39 Å². The fraction of sp³-hybridized carbons (Fsp3) is 0.188. The van der Waals surface area contributed by atoms with E-state index in [2.05, 4.69) is 0 Å². The number of benzene rings is 2. The lowest BCUT2D eigenvalue weighted by Gasteiger charge is -2.22. The van der Waals surface area contributed by atoms with Gasteiger partial charge in [0.05, 0.1) is 6.54 Å². The molecule has 0 radical (unpaired) electrons. The largest absolute Gasteiger partial charge is 0.483 e. The van der Waals surface area contributed by atoms with Crippen LogP contribution in [0.15, 0.2) is 36.4 Å². The van der Waals surface area contributed by atoms with Crippen molar-refractivity contribution < 1.29 is 13.9 Å². The topological polar surface area (TPSA) is 29.5 Å². The van der Waals surface area contributed by atoms with E-state index in [1.165, 1.54) is 17.0 Å². The predicted molar refractivity (Wildman–Crippen MR) is 79.3 cm³/mol. The lowest BCUT2D eigenvalue weighted by atomic mass is 10.1. The maximum atomic E-state index is 13.5. The van der Waals surface area contributed by atoms with Crippen molar-refractivity contribution in [3.8, 4) is 5.75 Å². The number of carbonyl (C=O) groups excluding carboxylic acids is 1. The maximum Gasteiger partial charge on any atom is 0.265 e. The van der Waals surface area contributed by atoms with Gasteiger partial charge in [-0.15, -0.1) is 0 Å². The molecule has 1 amide bonds. The van der Waals surface area contributed by atoms with E-state index in [9.17, 15) is 9.18 Å². The first-order valence-electron chi connectivity index (χ1n) is 6.52. The van der Waals surface area contributed by atoms with E-state index in [1.807, 2.05) is 6.92 Å². The van der Waals surface area contributed by atoms with Crippen LogP contribution in [-0.4, -0.2) is 12.5 Å². The van der Waals surface area contributed by atoms with Crippen LogP contribution in [0, 0.1) is 12.7 Å². The minimum atomic E-state index is -0.375. The van der Waals surface area contributed by atoms with Crippen molar-refractivity contribution in [3.63, 3.8) is 0 Å². The van der Waals surface area contributed by atoms with Crippen LogP contribution in [0.2, 0.25) is 5.02 Å². The Morgan fingerprint density at radius 2 is 2.05 bits per heavy atom. The minimum Gasteiger partial charge on any atom is -0.483 e. The Morgan fingerprint density at radius 3 is 2.86 bits per heavy atom. The summed E-state index contributed by atoms with van der Waals surface area (Å²) in [6.07, 6.45) is 0. The highest BCUT2D eigenvalue weighted by Gasteiger charge is 2.24. The Morgan fingerprint density at radius 1 is 1.24 bits per heavy atom. The number of carbonyl (C=O) groups is 1. The molecule has 0 saturated carbocycles. The molecule has 1 aliphatic heterocycles. The van der Waals surface area contributed by atoms with Gasteiger partial charge in [-0.1, -0.05) is 17.7 Å². The zero-order valence-electron chi connectivity index (χ0n) is 11.4. The average molecular weight is 306 g/mol. The molecule has 0 N–H and O–H groups in total. The first-order chi connectivity index (χ1) is 10.0. The summed E-state index contributed by atoms with van der Waals surface area (Å²) in [6, 6.07) is 9.62. The lowest BCUT2D eigenvalue weighted by molar-refractivity contribution is -0.120. The lowest BCUT2D eigenvalue weighted by Crippen LogP contribution is -2.32. The van der Waals surface area contributed by atoms with Gasteiger partial charge in [0.2, 0.25) is 0 Å². The molecule has 2 aromatic carbocycles. The molecule has 1 aliphatic rings. The third kappa shape index (κ3) is 2.72.